The van der Waals surface area contributed by atoms with Crippen LogP contribution >= 0.6 is 15.9 Å². The third-order valence-corrected chi connectivity index (χ3v) is 7.85. The molecule has 0 aromatic heterocycles. The van der Waals surface area contributed by atoms with Crippen molar-refractivity contribution in [3.05, 3.63) is 33.8 Å². The number of nitrogens with one attached hydrogen (secondary N) is 1. The fourth-order valence-electron chi connectivity index (χ4n) is 4.26. The van der Waals surface area contributed by atoms with E-state index in [0.29, 0.717) is 12.8 Å². The minimum atomic E-state index is -4.12. The van der Waals surface area contributed by atoms with Crippen molar-refractivity contribution in [2.24, 2.45) is 11.3 Å². The quantitative estimate of drug-likeness (QED) is 0.573. The summed E-state index contributed by atoms with van der Waals surface area (Å²) < 4.78 is 55.9. The van der Waals surface area contributed by atoms with E-state index in [1.807, 2.05) is 39.0 Å². The van der Waals surface area contributed by atoms with E-state index in [2.05, 4.69) is 20.7 Å². The van der Waals surface area contributed by atoms with Gasteiger partial charge in [-0.05, 0) is 81.5 Å². The van der Waals surface area contributed by atoms with Crippen LogP contribution in [0.3, 0.4) is 0 Å². The molecule has 0 radical (unpaired) electrons. The third-order valence-electron chi connectivity index (χ3n) is 5.80. The number of fused-ring (bicyclic) bond motifs is 1. The van der Waals surface area contributed by atoms with Crippen LogP contribution in [0.5, 0.6) is 0 Å². The number of halogens is 4. The summed E-state index contributed by atoms with van der Waals surface area (Å²) in [5, 5.41) is 0. The highest BCUT2D eigenvalue weighted by atomic mass is 79.9. The van der Waals surface area contributed by atoms with Crippen LogP contribution in [0.1, 0.15) is 63.6 Å². The van der Waals surface area contributed by atoms with Gasteiger partial charge in [0.1, 0.15) is 4.75 Å². The van der Waals surface area contributed by atoms with Gasteiger partial charge in [-0.3, -0.25) is 0 Å². The number of benzene rings is 1. The average molecular weight is 452 g/mol. The summed E-state index contributed by atoms with van der Waals surface area (Å²) in [6.45, 7) is 5.71. The normalized spacial score (nSPS) is 30.5. The second-order valence-corrected chi connectivity index (χ2v) is 11.5. The highest BCUT2D eigenvalue weighted by Gasteiger charge is 2.53. The van der Waals surface area contributed by atoms with E-state index in [4.69, 9.17) is 0 Å². The first-order chi connectivity index (χ1) is 11.9. The molecule has 1 N–H and O–H groups in total. The summed E-state index contributed by atoms with van der Waals surface area (Å²) >= 11 is 2.21. The number of hydrogen-bond donors (Lipinski definition) is 1. The Labute approximate surface area is 164 Å². The highest BCUT2D eigenvalue weighted by Crippen LogP contribution is 2.57. The predicted molar refractivity (Wildman–Crippen MR) is 102 cm³/mol. The summed E-state index contributed by atoms with van der Waals surface area (Å²) in [4.78, 5) is 0. The van der Waals surface area contributed by atoms with Crippen LogP contribution in [-0.2, 0) is 17.8 Å². The van der Waals surface area contributed by atoms with E-state index in [9.17, 15) is 17.7 Å². The Balaban J connectivity index is 1.90. The van der Waals surface area contributed by atoms with Crippen LogP contribution in [0.15, 0.2) is 22.7 Å². The molecule has 2 aliphatic carbocycles. The molecule has 0 heterocycles. The maximum Gasteiger partial charge on any atom is 0.391 e. The molecule has 1 saturated carbocycles. The maximum atomic E-state index is 13.1. The molecular formula is C19H25BrF3NOS. The zero-order chi connectivity index (χ0) is 19.3. The molecule has 0 saturated heterocycles. The first-order valence-corrected chi connectivity index (χ1v) is 10.9. The van der Waals surface area contributed by atoms with Crippen molar-refractivity contribution in [1.29, 1.82) is 0 Å². The molecule has 1 aromatic carbocycles. The molecule has 1 fully saturated rings. The van der Waals surface area contributed by atoms with Crippen LogP contribution < -0.4 is 4.72 Å². The number of rotatable bonds is 2. The summed E-state index contributed by atoms with van der Waals surface area (Å²) in [6.07, 6.45) is -2.06. The minimum absolute atomic E-state index is 0.152. The Hall–Kier alpha value is -0.240. The van der Waals surface area contributed by atoms with E-state index < -0.39 is 28.2 Å². The molecule has 146 valence electrons. The van der Waals surface area contributed by atoms with Crippen LogP contribution in [0.4, 0.5) is 13.2 Å². The second kappa shape index (κ2) is 6.98. The maximum absolute atomic E-state index is 13.1. The zero-order valence-corrected chi connectivity index (χ0v) is 17.7. The monoisotopic (exact) mass is 451 g/mol. The van der Waals surface area contributed by atoms with E-state index in [1.165, 1.54) is 0 Å². The fraction of sp³-hybridized carbons (Fsp3) is 0.684. The van der Waals surface area contributed by atoms with Gasteiger partial charge in [0.05, 0.1) is 12.0 Å². The SMILES string of the molecule is CC(C)(C)[S+]([O-])NC1c2cc(Br)ccc2CC12CCC(C(F)(F)F)CC2. The van der Waals surface area contributed by atoms with E-state index >= 15 is 0 Å². The lowest BCUT2D eigenvalue weighted by atomic mass is 9.66. The first-order valence-electron chi connectivity index (χ1n) is 8.95. The molecule has 0 aliphatic heterocycles. The standard InChI is InChI=1S/C19H25BrF3NOS/c1-17(2,3)26(25)24-16-15-10-14(20)5-4-12(15)11-18(16)8-6-13(7-9-18)19(21,22)23/h4-5,10,13,16,24H,6-9,11H2,1-3H3. The van der Waals surface area contributed by atoms with Crippen LogP contribution in [0.2, 0.25) is 0 Å². The van der Waals surface area contributed by atoms with E-state index in [1.54, 1.807) is 0 Å². The van der Waals surface area contributed by atoms with Crippen LogP contribution in [0, 0.1) is 11.3 Å². The Morgan fingerprint density at radius 3 is 2.35 bits per heavy atom. The van der Waals surface area contributed by atoms with Gasteiger partial charge in [-0.2, -0.15) is 13.2 Å². The molecule has 2 nitrogen and oxygen atoms in total. The largest absolute Gasteiger partial charge is 0.598 e. The summed E-state index contributed by atoms with van der Waals surface area (Å²) in [5.74, 6) is -1.21. The number of alkyl halides is 3. The Bertz CT molecular complexity index is 666. The van der Waals surface area contributed by atoms with Gasteiger partial charge in [0, 0.05) is 15.8 Å². The van der Waals surface area contributed by atoms with E-state index in [0.717, 1.165) is 22.0 Å². The molecule has 1 spiro atoms. The van der Waals surface area contributed by atoms with Crippen molar-refractivity contribution in [2.45, 2.75) is 69.8 Å². The van der Waals surface area contributed by atoms with Crippen molar-refractivity contribution in [3.63, 3.8) is 0 Å². The smallest absolute Gasteiger partial charge is 0.391 e. The fourth-order valence-corrected chi connectivity index (χ4v) is 5.59. The van der Waals surface area contributed by atoms with Gasteiger partial charge in [-0.1, -0.05) is 22.0 Å². The lowest BCUT2D eigenvalue weighted by Gasteiger charge is -2.43. The Morgan fingerprint density at radius 1 is 1.19 bits per heavy atom. The van der Waals surface area contributed by atoms with Gasteiger partial charge in [0.2, 0.25) is 0 Å². The van der Waals surface area contributed by atoms with Gasteiger partial charge < -0.3 is 4.55 Å². The summed E-state index contributed by atoms with van der Waals surface area (Å²) in [5.41, 5.74) is 1.94. The summed E-state index contributed by atoms with van der Waals surface area (Å²) in [6, 6.07) is 5.86. The zero-order valence-electron chi connectivity index (χ0n) is 15.3. The molecule has 2 unspecified atom stereocenters. The lowest BCUT2D eigenvalue weighted by Crippen LogP contribution is -2.47. The molecule has 2 atom stereocenters. The molecule has 0 amide bonds. The molecule has 7 heteroatoms. The average Bonchev–Trinajstić information content (AvgIpc) is 2.79. The molecule has 26 heavy (non-hydrogen) atoms. The van der Waals surface area contributed by atoms with Crippen LogP contribution in [0.25, 0.3) is 0 Å². The second-order valence-electron chi connectivity index (χ2n) is 8.63. The van der Waals surface area contributed by atoms with Gasteiger partial charge in [-0.15, -0.1) is 4.72 Å². The van der Waals surface area contributed by atoms with Gasteiger partial charge in [-0.25, -0.2) is 0 Å². The van der Waals surface area contributed by atoms with Crippen molar-refractivity contribution < 1.29 is 17.7 Å². The van der Waals surface area contributed by atoms with Crippen molar-refractivity contribution in [2.75, 3.05) is 0 Å². The third kappa shape index (κ3) is 3.96. The summed E-state index contributed by atoms with van der Waals surface area (Å²) in [7, 11) is 0. The topological polar surface area (TPSA) is 35.1 Å². The molecule has 0 bridgehead atoms. The van der Waals surface area contributed by atoms with Crippen molar-refractivity contribution >= 4 is 27.3 Å². The predicted octanol–water partition coefficient (Wildman–Crippen LogP) is 5.84. The lowest BCUT2D eigenvalue weighted by molar-refractivity contribution is -0.188. The molecule has 2 aliphatic rings. The highest BCUT2D eigenvalue weighted by molar-refractivity contribution is 9.10. The Kier molecular flexibility index (Phi) is 5.50. The van der Waals surface area contributed by atoms with Crippen molar-refractivity contribution in [3.8, 4) is 0 Å². The Morgan fingerprint density at radius 2 is 1.81 bits per heavy atom. The van der Waals surface area contributed by atoms with Crippen molar-refractivity contribution in [1.82, 2.24) is 4.72 Å². The van der Waals surface area contributed by atoms with Gasteiger partial charge in [0.15, 0.2) is 0 Å². The van der Waals surface area contributed by atoms with Gasteiger partial charge >= 0.3 is 6.18 Å². The minimum Gasteiger partial charge on any atom is -0.598 e. The van der Waals surface area contributed by atoms with E-state index in [-0.39, 0.29) is 24.3 Å². The van der Waals surface area contributed by atoms with Crippen LogP contribution in [-0.4, -0.2) is 15.5 Å². The van der Waals surface area contributed by atoms with Gasteiger partial charge in [0.25, 0.3) is 0 Å². The first kappa shape index (κ1) is 20.5. The molecule has 3 rings (SSSR count). The molecular weight excluding hydrogens is 427 g/mol. The molecule has 1 aromatic rings. The number of hydrogen-bond acceptors (Lipinski definition) is 2.